The number of aliphatic hydroxyl groups is 1. The molecule has 0 fully saturated rings. The van der Waals surface area contributed by atoms with Gasteiger partial charge in [0.15, 0.2) is 0 Å². The number of hydrogen-bond acceptors (Lipinski definition) is 1. The fourth-order valence-corrected chi connectivity index (χ4v) is 1.38. The number of halogens is 1. The number of aliphatic hydroxyl groups excluding tert-OH is 1. The second-order valence-electron chi connectivity index (χ2n) is 3.90. The zero-order valence-corrected chi connectivity index (χ0v) is 9.80. The van der Waals surface area contributed by atoms with E-state index >= 15 is 0 Å². The Balaban J connectivity index is 3.01. The van der Waals surface area contributed by atoms with Gasteiger partial charge in [-0.3, -0.25) is 0 Å². The molecule has 0 aliphatic heterocycles. The van der Waals surface area contributed by atoms with Gasteiger partial charge in [0, 0.05) is 9.89 Å². The summed E-state index contributed by atoms with van der Waals surface area (Å²) in [5.74, 6) is 0. The van der Waals surface area contributed by atoms with Gasteiger partial charge in [0.1, 0.15) is 0 Å². The molecule has 13 heavy (non-hydrogen) atoms. The first kappa shape index (κ1) is 10.7. The Morgan fingerprint density at radius 1 is 1.23 bits per heavy atom. The summed E-state index contributed by atoms with van der Waals surface area (Å²) in [5.41, 5.74) is 0.978. The number of benzene rings is 1. The lowest BCUT2D eigenvalue weighted by Gasteiger charge is -2.28. The van der Waals surface area contributed by atoms with Gasteiger partial charge in [-0.2, -0.15) is 0 Å². The lowest BCUT2D eigenvalue weighted by atomic mass is 9.80. The lowest BCUT2D eigenvalue weighted by molar-refractivity contribution is 0.118. The van der Waals surface area contributed by atoms with Crippen LogP contribution in [0.15, 0.2) is 28.7 Å². The summed E-state index contributed by atoms with van der Waals surface area (Å²) < 4.78 is 1.07. The van der Waals surface area contributed by atoms with Crippen LogP contribution in [-0.2, 0) is 5.41 Å². The standard InChI is InChI=1S/C11H15BrO/c1-8(13)11(2,3)9-4-6-10(12)7-5-9/h4-8,13H,1-3H3. The van der Waals surface area contributed by atoms with Crippen molar-refractivity contribution in [1.82, 2.24) is 0 Å². The van der Waals surface area contributed by atoms with Crippen LogP contribution in [-0.4, -0.2) is 11.2 Å². The van der Waals surface area contributed by atoms with Gasteiger partial charge in [0.2, 0.25) is 0 Å². The van der Waals surface area contributed by atoms with Crippen molar-refractivity contribution in [2.24, 2.45) is 0 Å². The van der Waals surface area contributed by atoms with E-state index in [-0.39, 0.29) is 11.5 Å². The molecule has 0 saturated heterocycles. The van der Waals surface area contributed by atoms with E-state index in [0.717, 1.165) is 10.0 Å². The Morgan fingerprint density at radius 2 is 1.69 bits per heavy atom. The smallest absolute Gasteiger partial charge is 0.0603 e. The molecule has 72 valence electrons. The molecule has 0 spiro atoms. The molecule has 1 unspecified atom stereocenters. The van der Waals surface area contributed by atoms with E-state index in [0.29, 0.717) is 0 Å². The first-order valence-corrected chi connectivity index (χ1v) is 5.18. The van der Waals surface area contributed by atoms with Crippen LogP contribution in [0.25, 0.3) is 0 Å². The molecule has 0 saturated carbocycles. The molecule has 0 heterocycles. The van der Waals surface area contributed by atoms with Crippen molar-refractivity contribution >= 4 is 15.9 Å². The quantitative estimate of drug-likeness (QED) is 0.846. The van der Waals surface area contributed by atoms with E-state index in [2.05, 4.69) is 15.9 Å². The third kappa shape index (κ3) is 2.32. The van der Waals surface area contributed by atoms with Crippen LogP contribution in [0.1, 0.15) is 26.3 Å². The molecule has 0 bridgehead atoms. The predicted octanol–water partition coefficient (Wildman–Crippen LogP) is 3.11. The van der Waals surface area contributed by atoms with Crippen LogP contribution < -0.4 is 0 Å². The Labute approximate surface area is 87.9 Å². The predicted molar refractivity (Wildman–Crippen MR) is 58.8 cm³/mol. The molecule has 1 aromatic rings. The Kier molecular flexibility index (Phi) is 3.14. The van der Waals surface area contributed by atoms with E-state index in [1.165, 1.54) is 0 Å². The van der Waals surface area contributed by atoms with Crippen LogP contribution in [0.2, 0.25) is 0 Å². The average molecular weight is 243 g/mol. The van der Waals surface area contributed by atoms with Crippen LogP contribution in [0.4, 0.5) is 0 Å². The minimum atomic E-state index is -0.339. The fourth-order valence-electron chi connectivity index (χ4n) is 1.12. The normalized spacial score (nSPS) is 14.2. The SMILES string of the molecule is CC(O)C(C)(C)c1ccc(Br)cc1. The molecule has 1 nitrogen and oxygen atoms in total. The molecule has 1 rings (SSSR count). The van der Waals surface area contributed by atoms with E-state index in [4.69, 9.17) is 0 Å². The van der Waals surface area contributed by atoms with Gasteiger partial charge in [-0.1, -0.05) is 41.9 Å². The maximum Gasteiger partial charge on any atom is 0.0603 e. The van der Waals surface area contributed by atoms with Gasteiger partial charge in [-0.05, 0) is 24.6 Å². The van der Waals surface area contributed by atoms with Crippen LogP contribution in [0, 0.1) is 0 Å². The molecular weight excluding hydrogens is 228 g/mol. The number of hydrogen-bond donors (Lipinski definition) is 1. The van der Waals surface area contributed by atoms with E-state index in [1.807, 2.05) is 45.0 Å². The second-order valence-corrected chi connectivity index (χ2v) is 4.82. The van der Waals surface area contributed by atoms with Crippen molar-refractivity contribution < 1.29 is 5.11 Å². The molecule has 1 aromatic carbocycles. The molecule has 1 N–H and O–H groups in total. The molecule has 0 amide bonds. The van der Waals surface area contributed by atoms with Crippen molar-refractivity contribution in [3.8, 4) is 0 Å². The maximum atomic E-state index is 9.59. The highest BCUT2D eigenvalue weighted by Gasteiger charge is 2.25. The van der Waals surface area contributed by atoms with Gasteiger partial charge in [-0.25, -0.2) is 0 Å². The topological polar surface area (TPSA) is 20.2 Å². The van der Waals surface area contributed by atoms with Gasteiger partial charge >= 0.3 is 0 Å². The summed E-state index contributed by atoms with van der Waals surface area (Å²) in [6.07, 6.45) is -0.339. The molecule has 0 aliphatic rings. The van der Waals surface area contributed by atoms with Crippen molar-refractivity contribution in [3.05, 3.63) is 34.3 Å². The zero-order chi connectivity index (χ0) is 10.1. The summed E-state index contributed by atoms with van der Waals surface area (Å²) in [7, 11) is 0. The molecule has 0 radical (unpaired) electrons. The highest BCUT2D eigenvalue weighted by atomic mass is 79.9. The Bertz CT molecular complexity index is 275. The maximum absolute atomic E-state index is 9.59. The third-order valence-electron chi connectivity index (χ3n) is 2.63. The van der Waals surface area contributed by atoms with E-state index in [9.17, 15) is 5.11 Å². The molecule has 0 aliphatic carbocycles. The van der Waals surface area contributed by atoms with Gasteiger partial charge in [0.25, 0.3) is 0 Å². The second kappa shape index (κ2) is 3.81. The summed E-state index contributed by atoms with van der Waals surface area (Å²) in [6.45, 7) is 5.91. The van der Waals surface area contributed by atoms with Crippen LogP contribution >= 0.6 is 15.9 Å². The number of rotatable bonds is 2. The lowest BCUT2D eigenvalue weighted by Crippen LogP contribution is -2.30. The molecule has 1 atom stereocenters. The first-order chi connectivity index (χ1) is 5.94. The summed E-state index contributed by atoms with van der Waals surface area (Å²) >= 11 is 3.39. The van der Waals surface area contributed by atoms with Crippen LogP contribution in [0.3, 0.4) is 0 Å². The van der Waals surface area contributed by atoms with E-state index in [1.54, 1.807) is 0 Å². The van der Waals surface area contributed by atoms with Crippen LogP contribution in [0.5, 0.6) is 0 Å². The highest BCUT2D eigenvalue weighted by molar-refractivity contribution is 9.10. The fraction of sp³-hybridized carbons (Fsp3) is 0.455. The van der Waals surface area contributed by atoms with Gasteiger partial charge in [-0.15, -0.1) is 0 Å². The molecule has 0 aromatic heterocycles. The molecule has 2 heteroatoms. The van der Waals surface area contributed by atoms with Gasteiger partial charge in [0.05, 0.1) is 6.10 Å². The largest absolute Gasteiger partial charge is 0.393 e. The van der Waals surface area contributed by atoms with Crippen molar-refractivity contribution in [2.45, 2.75) is 32.3 Å². The monoisotopic (exact) mass is 242 g/mol. The summed E-state index contributed by atoms with van der Waals surface area (Å²) in [5, 5.41) is 9.59. The Morgan fingerprint density at radius 3 is 2.08 bits per heavy atom. The van der Waals surface area contributed by atoms with Crippen molar-refractivity contribution in [2.75, 3.05) is 0 Å². The summed E-state index contributed by atoms with van der Waals surface area (Å²) in [6, 6.07) is 8.08. The zero-order valence-electron chi connectivity index (χ0n) is 8.21. The average Bonchev–Trinajstić information content (AvgIpc) is 2.04. The molecular formula is C11H15BrO. The van der Waals surface area contributed by atoms with Crippen molar-refractivity contribution in [3.63, 3.8) is 0 Å². The minimum Gasteiger partial charge on any atom is -0.393 e. The summed E-state index contributed by atoms with van der Waals surface area (Å²) in [4.78, 5) is 0. The van der Waals surface area contributed by atoms with E-state index < -0.39 is 0 Å². The highest BCUT2D eigenvalue weighted by Crippen LogP contribution is 2.27. The van der Waals surface area contributed by atoms with Gasteiger partial charge < -0.3 is 5.11 Å². The Hall–Kier alpha value is -0.340. The minimum absolute atomic E-state index is 0.180. The third-order valence-corrected chi connectivity index (χ3v) is 3.16. The first-order valence-electron chi connectivity index (χ1n) is 4.38. The van der Waals surface area contributed by atoms with Crippen molar-refractivity contribution in [1.29, 1.82) is 0 Å².